The van der Waals surface area contributed by atoms with Gasteiger partial charge in [0.25, 0.3) is 0 Å². The fraction of sp³-hybridized carbons (Fsp3) is 1.00. The number of aliphatic hydroxyl groups excluding tert-OH is 4. The second kappa shape index (κ2) is 6.31. The summed E-state index contributed by atoms with van der Waals surface area (Å²) in [6.45, 7) is 5.07. The van der Waals surface area contributed by atoms with Gasteiger partial charge in [-0.15, -0.1) is 0 Å². The molecule has 14 heavy (non-hydrogen) atoms. The number of nitrogens with zero attached hydrogens (tertiary/aromatic N) is 1. The van der Waals surface area contributed by atoms with Crippen LogP contribution >= 0.6 is 0 Å². The zero-order valence-electron chi connectivity index (χ0n) is 8.96. The zero-order valence-corrected chi connectivity index (χ0v) is 8.96. The van der Waals surface area contributed by atoms with Crippen molar-refractivity contribution in [2.75, 3.05) is 13.1 Å². The second-order valence-corrected chi connectivity index (χ2v) is 3.81. The third-order valence-electron chi connectivity index (χ3n) is 1.80. The molecule has 0 spiro atoms. The number of hydrogen-bond acceptors (Lipinski definition) is 5. The predicted molar refractivity (Wildman–Crippen MR) is 52.6 cm³/mol. The lowest BCUT2D eigenvalue weighted by molar-refractivity contribution is -0.0970. The van der Waals surface area contributed by atoms with Crippen LogP contribution in [-0.2, 0) is 0 Å². The topological polar surface area (TPSA) is 84.2 Å². The van der Waals surface area contributed by atoms with Crippen LogP contribution in [0, 0.1) is 0 Å². The maximum atomic E-state index is 9.54. The van der Waals surface area contributed by atoms with Gasteiger partial charge in [-0.2, -0.15) is 0 Å². The summed E-state index contributed by atoms with van der Waals surface area (Å²) in [4.78, 5) is 1.44. The lowest BCUT2D eigenvalue weighted by atomic mass is 10.2. The molecule has 5 nitrogen and oxygen atoms in total. The number of hydrogen-bond donors (Lipinski definition) is 4. The Morgan fingerprint density at radius 2 is 1.21 bits per heavy atom. The Bertz CT molecular complexity index is 140. The van der Waals surface area contributed by atoms with Crippen molar-refractivity contribution >= 4 is 0 Å². The second-order valence-electron chi connectivity index (χ2n) is 3.81. The first-order chi connectivity index (χ1) is 6.34. The van der Waals surface area contributed by atoms with Crippen LogP contribution in [0.4, 0.5) is 0 Å². The Morgan fingerprint density at radius 1 is 0.857 bits per heavy atom. The lowest BCUT2D eigenvalue weighted by Crippen LogP contribution is -2.48. The zero-order chi connectivity index (χ0) is 11.3. The molecule has 0 heterocycles. The summed E-state index contributed by atoms with van der Waals surface area (Å²) in [6, 6.07) is 0. The predicted octanol–water partition coefficient (Wildman–Crippen LogP) is -1.25. The average Bonchev–Trinajstić information content (AvgIpc) is 1.99. The summed E-state index contributed by atoms with van der Waals surface area (Å²) in [6.07, 6.45) is -3.18. The van der Waals surface area contributed by atoms with Gasteiger partial charge in [0.1, 0.15) is 6.23 Å². The standard InChI is InChI=1S/C9H21NO4/c1-6(11)4-10(5-7(2)12)9(14)8(3)13/h6-9,11-14H,4-5H2,1-3H3. The molecule has 0 rings (SSSR count). The van der Waals surface area contributed by atoms with Crippen LogP contribution in [0.2, 0.25) is 0 Å². The Kier molecular flexibility index (Phi) is 6.22. The third-order valence-corrected chi connectivity index (χ3v) is 1.80. The number of rotatable bonds is 6. The largest absolute Gasteiger partial charge is 0.392 e. The van der Waals surface area contributed by atoms with Crippen LogP contribution < -0.4 is 0 Å². The van der Waals surface area contributed by atoms with Crippen LogP contribution in [0.25, 0.3) is 0 Å². The van der Waals surface area contributed by atoms with Crippen molar-refractivity contribution in [3.8, 4) is 0 Å². The van der Waals surface area contributed by atoms with Gasteiger partial charge in [-0.3, -0.25) is 4.90 Å². The Morgan fingerprint density at radius 3 is 1.43 bits per heavy atom. The van der Waals surface area contributed by atoms with Crippen molar-refractivity contribution < 1.29 is 20.4 Å². The van der Waals surface area contributed by atoms with E-state index in [1.54, 1.807) is 13.8 Å². The molecule has 4 N–H and O–H groups in total. The maximum absolute atomic E-state index is 9.54. The van der Waals surface area contributed by atoms with Crippen molar-refractivity contribution in [1.82, 2.24) is 4.90 Å². The molecule has 0 fully saturated rings. The van der Waals surface area contributed by atoms with Gasteiger partial charge in [-0.1, -0.05) is 0 Å². The summed E-state index contributed by atoms with van der Waals surface area (Å²) in [5.74, 6) is 0. The van der Waals surface area contributed by atoms with Gasteiger partial charge in [-0.25, -0.2) is 0 Å². The van der Waals surface area contributed by atoms with Crippen molar-refractivity contribution in [2.24, 2.45) is 0 Å². The van der Waals surface area contributed by atoms with E-state index in [4.69, 9.17) is 15.3 Å². The van der Waals surface area contributed by atoms with Crippen molar-refractivity contribution in [1.29, 1.82) is 0 Å². The van der Waals surface area contributed by atoms with Gasteiger partial charge >= 0.3 is 0 Å². The molecule has 0 aliphatic carbocycles. The van der Waals surface area contributed by atoms with Gasteiger partial charge in [0.15, 0.2) is 0 Å². The molecule has 0 aliphatic heterocycles. The third kappa shape index (κ3) is 5.51. The van der Waals surface area contributed by atoms with Gasteiger partial charge in [0, 0.05) is 13.1 Å². The molecular weight excluding hydrogens is 186 g/mol. The molecule has 0 saturated heterocycles. The minimum absolute atomic E-state index is 0.219. The van der Waals surface area contributed by atoms with Gasteiger partial charge < -0.3 is 20.4 Å². The van der Waals surface area contributed by atoms with E-state index in [0.717, 1.165) is 0 Å². The molecule has 4 unspecified atom stereocenters. The minimum atomic E-state index is -1.06. The van der Waals surface area contributed by atoms with E-state index >= 15 is 0 Å². The van der Waals surface area contributed by atoms with Crippen LogP contribution in [0.15, 0.2) is 0 Å². The first kappa shape index (κ1) is 13.8. The lowest BCUT2D eigenvalue weighted by Gasteiger charge is -2.31. The summed E-state index contributed by atoms with van der Waals surface area (Å²) >= 11 is 0. The first-order valence-corrected chi connectivity index (χ1v) is 4.81. The van der Waals surface area contributed by atoms with Crippen molar-refractivity contribution in [3.05, 3.63) is 0 Å². The Balaban J connectivity index is 4.22. The monoisotopic (exact) mass is 207 g/mol. The average molecular weight is 207 g/mol. The van der Waals surface area contributed by atoms with E-state index in [1.165, 1.54) is 11.8 Å². The molecule has 86 valence electrons. The molecule has 0 saturated carbocycles. The molecule has 0 aromatic heterocycles. The van der Waals surface area contributed by atoms with E-state index < -0.39 is 24.5 Å². The summed E-state index contributed by atoms with van der Waals surface area (Å²) in [5.41, 5.74) is 0. The van der Waals surface area contributed by atoms with E-state index in [0.29, 0.717) is 0 Å². The van der Waals surface area contributed by atoms with E-state index in [1.807, 2.05) is 0 Å². The molecule has 0 aromatic rings. The van der Waals surface area contributed by atoms with Gasteiger partial charge in [0.2, 0.25) is 0 Å². The van der Waals surface area contributed by atoms with Crippen molar-refractivity contribution in [2.45, 2.75) is 45.3 Å². The van der Waals surface area contributed by atoms with Crippen LogP contribution in [0.1, 0.15) is 20.8 Å². The van der Waals surface area contributed by atoms with Gasteiger partial charge in [-0.05, 0) is 20.8 Å². The highest BCUT2D eigenvalue weighted by molar-refractivity contribution is 4.70. The van der Waals surface area contributed by atoms with Crippen LogP contribution in [-0.4, -0.2) is 63.0 Å². The fourth-order valence-corrected chi connectivity index (χ4v) is 1.27. The Labute approximate surface area is 84.6 Å². The smallest absolute Gasteiger partial charge is 0.133 e. The molecule has 0 bridgehead atoms. The summed E-state index contributed by atoms with van der Waals surface area (Å²) in [7, 11) is 0. The quantitative estimate of drug-likeness (QED) is 0.409. The van der Waals surface area contributed by atoms with Gasteiger partial charge in [0.05, 0.1) is 18.3 Å². The van der Waals surface area contributed by atoms with Crippen LogP contribution in [0.5, 0.6) is 0 Å². The highest BCUT2D eigenvalue weighted by Gasteiger charge is 2.22. The minimum Gasteiger partial charge on any atom is -0.392 e. The molecule has 0 aromatic carbocycles. The van der Waals surface area contributed by atoms with E-state index in [-0.39, 0.29) is 13.1 Å². The highest BCUT2D eigenvalue weighted by Crippen LogP contribution is 2.04. The molecule has 0 amide bonds. The van der Waals surface area contributed by atoms with Crippen LogP contribution in [0.3, 0.4) is 0 Å². The normalized spacial score (nSPS) is 20.6. The number of aliphatic hydroxyl groups is 4. The summed E-state index contributed by atoms with van der Waals surface area (Å²) in [5, 5.41) is 37.0. The maximum Gasteiger partial charge on any atom is 0.133 e. The summed E-state index contributed by atoms with van der Waals surface area (Å²) < 4.78 is 0. The Hall–Kier alpha value is -0.200. The van der Waals surface area contributed by atoms with Crippen molar-refractivity contribution in [3.63, 3.8) is 0 Å². The highest BCUT2D eigenvalue weighted by atomic mass is 16.3. The molecule has 0 aliphatic rings. The molecular formula is C9H21NO4. The molecule has 0 radical (unpaired) electrons. The first-order valence-electron chi connectivity index (χ1n) is 4.81. The molecule has 5 heteroatoms. The van der Waals surface area contributed by atoms with E-state index in [2.05, 4.69) is 0 Å². The SMILES string of the molecule is CC(O)CN(CC(C)O)C(O)C(C)O. The fourth-order valence-electron chi connectivity index (χ4n) is 1.27. The van der Waals surface area contributed by atoms with E-state index in [9.17, 15) is 5.11 Å². The molecule has 4 atom stereocenters.